The van der Waals surface area contributed by atoms with Gasteiger partial charge >= 0.3 is 5.69 Å². The minimum atomic E-state index is -0.409. The standard InChI is InChI=1S/C28H30ClN5O2/c1-4-5-6-7-8-10-19-13-15-20(16-14-19)23-18-33-24-25(31(2)28(36)32(3)26(24)35)30-27(33)34(23)22-12-9-11-21(29)17-22/h9,11-18H,4-8,10H2,1-3H3. The molecule has 0 fully saturated rings. The van der Waals surface area contributed by atoms with E-state index in [4.69, 9.17) is 16.6 Å². The van der Waals surface area contributed by atoms with Crippen LogP contribution < -0.4 is 11.2 Å². The van der Waals surface area contributed by atoms with Crippen molar-refractivity contribution in [3.8, 4) is 16.9 Å². The number of aromatic nitrogens is 5. The first kappa shape index (κ1) is 24.1. The number of halogens is 1. The van der Waals surface area contributed by atoms with Crippen molar-refractivity contribution in [2.24, 2.45) is 14.1 Å². The zero-order valence-corrected chi connectivity index (χ0v) is 21.6. The summed E-state index contributed by atoms with van der Waals surface area (Å²) in [6.07, 6.45) is 9.28. The van der Waals surface area contributed by atoms with Gasteiger partial charge in [-0.25, -0.2) is 4.79 Å². The highest BCUT2D eigenvalue weighted by molar-refractivity contribution is 6.30. The molecule has 0 saturated heterocycles. The summed E-state index contributed by atoms with van der Waals surface area (Å²) < 4.78 is 6.27. The summed E-state index contributed by atoms with van der Waals surface area (Å²) in [7, 11) is 3.11. The van der Waals surface area contributed by atoms with Gasteiger partial charge in [0.05, 0.1) is 11.4 Å². The second kappa shape index (κ2) is 9.82. The van der Waals surface area contributed by atoms with Crippen LogP contribution in [0.5, 0.6) is 0 Å². The van der Waals surface area contributed by atoms with E-state index in [-0.39, 0.29) is 5.56 Å². The molecule has 2 aromatic carbocycles. The van der Waals surface area contributed by atoms with Gasteiger partial charge in [0.15, 0.2) is 11.2 Å². The van der Waals surface area contributed by atoms with E-state index < -0.39 is 5.69 Å². The maximum Gasteiger partial charge on any atom is 0.332 e. The molecule has 0 aliphatic rings. The van der Waals surface area contributed by atoms with Crippen LogP contribution in [0, 0.1) is 0 Å². The molecule has 0 unspecified atom stereocenters. The number of benzene rings is 2. The molecule has 186 valence electrons. The van der Waals surface area contributed by atoms with E-state index in [0.717, 1.165) is 27.9 Å². The summed E-state index contributed by atoms with van der Waals surface area (Å²) in [5.74, 6) is 0.542. The van der Waals surface area contributed by atoms with Crippen molar-refractivity contribution in [2.45, 2.75) is 45.4 Å². The molecule has 0 saturated carbocycles. The lowest BCUT2D eigenvalue weighted by Gasteiger charge is -2.10. The first-order chi connectivity index (χ1) is 17.4. The second-order valence-corrected chi connectivity index (χ2v) is 9.79. The molecule has 8 heteroatoms. The Kier molecular flexibility index (Phi) is 6.58. The van der Waals surface area contributed by atoms with E-state index in [1.165, 1.54) is 49.3 Å². The van der Waals surface area contributed by atoms with E-state index in [1.807, 2.05) is 35.0 Å². The number of unbranched alkanes of at least 4 members (excludes halogenated alkanes) is 4. The Morgan fingerprint density at radius 3 is 2.39 bits per heavy atom. The molecular formula is C28H30ClN5O2. The first-order valence-electron chi connectivity index (χ1n) is 12.5. The molecule has 0 aliphatic heterocycles. The van der Waals surface area contributed by atoms with Crippen LogP contribution in [0.1, 0.15) is 44.6 Å². The third-order valence-corrected chi connectivity index (χ3v) is 7.09. The van der Waals surface area contributed by atoms with Crippen LogP contribution in [-0.2, 0) is 20.5 Å². The van der Waals surface area contributed by atoms with E-state index in [0.29, 0.717) is 22.0 Å². The van der Waals surface area contributed by atoms with Crippen LogP contribution in [-0.4, -0.2) is 23.1 Å². The van der Waals surface area contributed by atoms with Gasteiger partial charge in [0.2, 0.25) is 5.78 Å². The average Bonchev–Trinajstić information content (AvgIpc) is 3.43. The molecule has 3 heterocycles. The molecule has 0 radical (unpaired) electrons. The average molecular weight is 504 g/mol. The molecule has 7 nitrogen and oxygen atoms in total. The summed E-state index contributed by atoms with van der Waals surface area (Å²) in [5, 5.41) is 0.600. The highest BCUT2D eigenvalue weighted by Crippen LogP contribution is 2.30. The van der Waals surface area contributed by atoms with Crippen LogP contribution in [0.15, 0.2) is 64.3 Å². The van der Waals surface area contributed by atoms with Crippen molar-refractivity contribution in [3.63, 3.8) is 0 Å². The third kappa shape index (κ3) is 4.17. The Bertz CT molecular complexity index is 1670. The van der Waals surface area contributed by atoms with Crippen LogP contribution in [0.2, 0.25) is 5.02 Å². The van der Waals surface area contributed by atoms with Gasteiger partial charge in [-0.15, -0.1) is 0 Å². The van der Waals surface area contributed by atoms with Crippen LogP contribution in [0.25, 0.3) is 33.9 Å². The lowest BCUT2D eigenvalue weighted by Crippen LogP contribution is -2.37. The quantitative estimate of drug-likeness (QED) is 0.262. The van der Waals surface area contributed by atoms with Crippen molar-refractivity contribution in [2.75, 3.05) is 0 Å². The van der Waals surface area contributed by atoms with E-state index in [9.17, 15) is 9.59 Å². The Labute approximate surface area is 214 Å². The van der Waals surface area contributed by atoms with Crippen molar-refractivity contribution in [3.05, 3.63) is 86.2 Å². The minimum absolute atomic E-state index is 0.346. The lowest BCUT2D eigenvalue weighted by atomic mass is 10.0. The van der Waals surface area contributed by atoms with Crippen molar-refractivity contribution >= 4 is 28.5 Å². The smallest absolute Gasteiger partial charge is 0.279 e. The molecule has 0 amide bonds. The van der Waals surface area contributed by atoms with E-state index in [2.05, 4.69) is 31.2 Å². The number of hydrogen-bond acceptors (Lipinski definition) is 3. The molecule has 0 N–H and O–H groups in total. The largest absolute Gasteiger partial charge is 0.332 e. The van der Waals surface area contributed by atoms with Crippen LogP contribution in [0.4, 0.5) is 0 Å². The monoisotopic (exact) mass is 503 g/mol. The summed E-state index contributed by atoms with van der Waals surface area (Å²) in [4.78, 5) is 30.3. The van der Waals surface area contributed by atoms with Gasteiger partial charge in [-0.1, -0.05) is 74.5 Å². The second-order valence-electron chi connectivity index (χ2n) is 9.35. The summed E-state index contributed by atoms with van der Waals surface area (Å²) in [6, 6.07) is 16.1. The number of hydrogen-bond donors (Lipinski definition) is 0. The van der Waals surface area contributed by atoms with Crippen molar-refractivity contribution in [1.82, 2.24) is 23.1 Å². The number of fused-ring (bicyclic) bond motifs is 3. The number of rotatable bonds is 8. The fourth-order valence-electron chi connectivity index (χ4n) is 4.82. The fourth-order valence-corrected chi connectivity index (χ4v) is 5.00. The van der Waals surface area contributed by atoms with Gasteiger partial charge in [0.1, 0.15) is 0 Å². The van der Waals surface area contributed by atoms with Crippen molar-refractivity contribution in [1.29, 1.82) is 0 Å². The minimum Gasteiger partial charge on any atom is -0.279 e. The van der Waals surface area contributed by atoms with Gasteiger partial charge in [-0.05, 0) is 36.6 Å². The van der Waals surface area contributed by atoms with Gasteiger partial charge in [0, 0.05) is 30.9 Å². The van der Waals surface area contributed by atoms with E-state index in [1.54, 1.807) is 11.4 Å². The third-order valence-electron chi connectivity index (χ3n) is 6.85. The lowest BCUT2D eigenvalue weighted by molar-refractivity contribution is 0.632. The maximum absolute atomic E-state index is 13.1. The molecule has 0 spiro atoms. The van der Waals surface area contributed by atoms with Gasteiger partial charge in [0.25, 0.3) is 5.56 Å². The topological polar surface area (TPSA) is 66.2 Å². The molecular weight excluding hydrogens is 474 g/mol. The zero-order valence-electron chi connectivity index (χ0n) is 20.9. The maximum atomic E-state index is 13.1. The van der Waals surface area contributed by atoms with Crippen LogP contribution >= 0.6 is 11.6 Å². The Hall–Kier alpha value is -3.58. The summed E-state index contributed by atoms with van der Waals surface area (Å²) in [6.45, 7) is 2.23. The van der Waals surface area contributed by atoms with Gasteiger partial charge in [-0.2, -0.15) is 4.98 Å². The summed E-state index contributed by atoms with van der Waals surface area (Å²) in [5.41, 5.74) is 3.94. The molecule has 36 heavy (non-hydrogen) atoms. The Morgan fingerprint density at radius 1 is 0.917 bits per heavy atom. The molecule has 0 aliphatic carbocycles. The fraction of sp³-hybridized carbons (Fsp3) is 0.321. The number of nitrogens with zero attached hydrogens (tertiary/aromatic N) is 5. The van der Waals surface area contributed by atoms with Crippen LogP contribution in [0.3, 0.4) is 0 Å². The SMILES string of the molecule is CCCCCCCc1ccc(-c2cn3c4c(=O)n(C)c(=O)n(C)c4nc3n2-c2cccc(Cl)c2)cc1. The predicted octanol–water partition coefficient (Wildman–Crippen LogP) is 5.51. The van der Waals surface area contributed by atoms with Gasteiger partial charge in [-0.3, -0.25) is 22.9 Å². The summed E-state index contributed by atoms with van der Waals surface area (Å²) >= 11 is 6.34. The van der Waals surface area contributed by atoms with E-state index >= 15 is 0 Å². The predicted molar refractivity (Wildman–Crippen MR) is 145 cm³/mol. The molecule has 0 atom stereocenters. The van der Waals surface area contributed by atoms with Crippen molar-refractivity contribution < 1.29 is 0 Å². The molecule has 5 rings (SSSR count). The van der Waals surface area contributed by atoms with Gasteiger partial charge < -0.3 is 0 Å². The molecule has 3 aromatic heterocycles. The number of aryl methyl sites for hydroxylation is 2. The zero-order chi connectivity index (χ0) is 25.4. The molecule has 0 bridgehead atoms. The Morgan fingerprint density at radius 2 is 1.67 bits per heavy atom. The first-order valence-corrected chi connectivity index (χ1v) is 12.8. The Balaban J connectivity index is 1.65. The number of imidazole rings is 2. The highest BCUT2D eigenvalue weighted by Gasteiger charge is 2.21. The molecule has 5 aromatic rings. The normalized spacial score (nSPS) is 11.7. The highest BCUT2D eigenvalue weighted by atomic mass is 35.5.